The lowest BCUT2D eigenvalue weighted by atomic mass is 10.0. The molecule has 1 fully saturated rings. The number of rotatable bonds is 2. The molecule has 1 atom stereocenters. The minimum absolute atomic E-state index is 0.240. The summed E-state index contributed by atoms with van der Waals surface area (Å²) in [7, 11) is 0. The molecule has 1 aromatic rings. The number of nitrogens with two attached hydrogens (primary N) is 3. The highest BCUT2D eigenvalue weighted by Gasteiger charge is 2.36. The molecule has 0 radical (unpaired) electrons. The maximum Gasteiger partial charge on any atom is 0.195 e. The Morgan fingerprint density at radius 2 is 2.12 bits per heavy atom. The monoisotopic (exact) mass is 233 g/mol. The molecule has 0 bridgehead atoms. The van der Waals surface area contributed by atoms with Crippen molar-refractivity contribution in [3.8, 4) is 0 Å². The van der Waals surface area contributed by atoms with E-state index < -0.39 is 5.66 Å². The van der Waals surface area contributed by atoms with Crippen LogP contribution in [-0.4, -0.2) is 16.2 Å². The van der Waals surface area contributed by atoms with E-state index in [0.717, 1.165) is 5.69 Å². The van der Waals surface area contributed by atoms with Crippen molar-refractivity contribution in [3.05, 3.63) is 29.4 Å². The van der Waals surface area contributed by atoms with Crippen molar-refractivity contribution < 1.29 is 0 Å². The Balaban J connectivity index is 1.99. The molecule has 0 spiro atoms. The highest BCUT2D eigenvalue weighted by atomic mass is 15.2. The quantitative estimate of drug-likeness (QED) is 0.452. The third-order valence-electron chi connectivity index (χ3n) is 3.12. The van der Waals surface area contributed by atoms with Crippen LogP contribution in [0.5, 0.6) is 0 Å². The van der Waals surface area contributed by atoms with Gasteiger partial charge in [-0.3, -0.25) is 10.8 Å². The molecule has 1 aliphatic carbocycles. The average molecular weight is 233 g/mol. The first kappa shape index (κ1) is 10.2. The standard InChI is InChI=1S/C10H15N7/c11-7-4-14-9(12)15-10(7,13)8-3-6(16-17-8)5-1-2-5/h3-5H,1-2,11,13H2,(H,16,17)(H3,12,14,15). The number of nitrogens with one attached hydrogen (secondary N) is 2. The molecule has 1 unspecified atom stereocenters. The van der Waals surface area contributed by atoms with Gasteiger partial charge < -0.3 is 16.8 Å². The molecular formula is C10H15N7. The molecule has 3 rings (SSSR count). The summed E-state index contributed by atoms with van der Waals surface area (Å²) in [5.74, 6) is 0.793. The number of aromatic amines is 1. The van der Waals surface area contributed by atoms with Gasteiger partial charge in [-0.1, -0.05) is 0 Å². The molecule has 1 aromatic heterocycles. The molecule has 7 nitrogen and oxygen atoms in total. The Hall–Kier alpha value is -2.02. The van der Waals surface area contributed by atoms with E-state index in [1.54, 1.807) is 6.20 Å². The highest BCUT2D eigenvalue weighted by Crippen LogP contribution is 2.40. The van der Waals surface area contributed by atoms with Gasteiger partial charge in [-0.2, -0.15) is 5.10 Å². The molecule has 1 saturated carbocycles. The zero-order valence-corrected chi connectivity index (χ0v) is 9.27. The second-order valence-electron chi connectivity index (χ2n) is 4.49. The summed E-state index contributed by atoms with van der Waals surface area (Å²) in [5.41, 5.74) is 18.6. The third kappa shape index (κ3) is 1.55. The first-order valence-corrected chi connectivity index (χ1v) is 5.52. The van der Waals surface area contributed by atoms with Crippen LogP contribution in [0.3, 0.4) is 0 Å². The van der Waals surface area contributed by atoms with Crippen LogP contribution < -0.4 is 22.5 Å². The normalized spacial score (nSPS) is 28.3. The van der Waals surface area contributed by atoms with Gasteiger partial charge in [0.2, 0.25) is 0 Å². The maximum atomic E-state index is 6.18. The Morgan fingerprint density at radius 1 is 1.35 bits per heavy atom. The summed E-state index contributed by atoms with van der Waals surface area (Å²) in [6, 6.07) is 1.92. The number of aliphatic imine (C=N–C) groups is 1. The SMILES string of the molecule is NC1=CNC(N)=NC1(N)c1cc(C2CC2)n[nH]1. The van der Waals surface area contributed by atoms with Gasteiger partial charge in [0.1, 0.15) is 0 Å². The Morgan fingerprint density at radius 3 is 2.82 bits per heavy atom. The molecule has 0 amide bonds. The van der Waals surface area contributed by atoms with Crippen LogP contribution in [0.15, 0.2) is 23.0 Å². The fourth-order valence-corrected chi connectivity index (χ4v) is 1.88. The topological polar surface area (TPSA) is 131 Å². The van der Waals surface area contributed by atoms with E-state index in [9.17, 15) is 0 Å². The fourth-order valence-electron chi connectivity index (χ4n) is 1.88. The van der Waals surface area contributed by atoms with Crippen molar-refractivity contribution in [2.45, 2.75) is 24.4 Å². The van der Waals surface area contributed by atoms with Crippen molar-refractivity contribution in [1.82, 2.24) is 15.5 Å². The number of guanidine groups is 1. The van der Waals surface area contributed by atoms with Crippen molar-refractivity contribution in [2.24, 2.45) is 22.2 Å². The zero-order valence-electron chi connectivity index (χ0n) is 9.27. The van der Waals surface area contributed by atoms with E-state index in [2.05, 4.69) is 20.5 Å². The summed E-state index contributed by atoms with van der Waals surface area (Å²) < 4.78 is 0. The van der Waals surface area contributed by atoms with Crippen LogP contribution in [0.4, 0.5) is 0 Å². The minimum Gasteiger partial charge on any atom is -0.397 e. The van der Waals surface area contributed by atoms with Crippen LogP contribution in [0.1, 0.15) is 30.1 Å². The Labute approximate surface area is 98.1 Å². The van der Waals surface area contributed by atoms with Crippen LogP contribution in [0.25, 0.3) is 0 Å². The van der Waals surface area contributed by atoms with Gasteiger partial charge in [0.05, 0.1) is 17.1 Å². The van der Waals surface area contributed by atoms with Gasteiger partial charge in [0.15, 0.2) is 11.6 Å². The first-order valence-electron chi connectivity index (χ1n) is 5.52. The Kier molecular flexibility index (Phi) is 1.93. The predicted octanol–water partition coefficient (Wildman–Crippen LogP) is -0.883. The Bertz CT molecular complexity index is 510. The third-order valence-corrected chi connectivity index (χ3v) is 3.12. The van der Waals surface area contributed by atoms with Crippen LogP contribution in [0.2, 0.25) is 0 Å². The smallest absolute Gasteiger partial charge is 0.195 e. The van der Waals surface area contributed by atoms with Crippen LogP contribution in [0, 0.1) is 0 Å². The van der Waals surface area contributed by atoms with Crippen LogP contribution in [-0.2, 0) is 5.66 Å². The highest BCUT2D eigenvalue weighted by molar-refractivity contribution is 5.81. The molecule has 0 aromatic carbocycles. The number of hydrogen-bond acceptors (Lipinski definition) is 6. The van der Waals surface area contributed by atoms with Crippen molar-refractivity contribution in [2.75, 3.05) is 0 Å². The van der Waals surface area contributed by atoms with Gasteiger partial charge in [0.25, 0.3) is 0 Å². The molecule has 2 heterocycles. The van der Waals surface area contributed by atoms with E-state index in [0.29, 0.717) is 17.3 Å². The summed E-state index contributed by atoms with van der Waals surface area (Å²) in [6.45, 7) is 0. The van der Waals surface area contributed by atoms with Crippen molar-refractivity contribution in [1.29, 1.82) is 0 Å². The van der Waals surface area contributed by atoms with Gasteiger partial charge in [0, 0.05) is 12.1 Å². The second kappa shape index (κ2) is 3.24. The maximum absolute atomic E-state index is 6.18. The molecule has 8 N–H and O–H groups in total. The molecule has 1 aliphatic heterocycles. The van der Waals surface area contributed by atoms with Gasteiger partial charge >= 0.3 is 0 Å². The molecule has 7 heteroatoms. The molecule has 2 aliphatic rings. The lowest BCUT2D eigenvalue weighted by Crippen LogP contribution is -2.48. The van der Waals surface area contributed by atoms with E-state index in [1.807, 2.05) is 6.07 Å². The van der Waals surface area contributed by atoms with Gasteiger partial charge in [-0.15, -0.1) is 0 Å². The van der Waals surface area contributed by atoms with E-state index in [4.69, 9.17) is 17.2 Å². The number of aromatic nitrogens is 2. The van der Waals surface area contributed by atoms with E-state index in [1.165, 1.54) is 12.8 Å². The first-order chi connectivity index (χ1) is 8.09. The fraction of sp³-hybridized carbons (Fsp3) is 0.400. The lowest BCUT2D eigenvalue weighted by Gasteiger charge is -2.27. The minimum atomic E-state index is -1.14. The predicted molar refractivity (Wildman–Crippen MR) is 63.5 cm³/mol. The van der Waals surface area contributed by atoms with Crippen molar-refractivity contribution >= 4 is 5.96 Å². The summed E-state index contributed by atoms with van der Waals surface area (Å²) >= 11 is 0. The van der Waals surface area contributed by atoms with Gasteiger partial charge in [-0.05, 0) is 18.9 Å². The summed E-state index contributed by atoms with van der Waals surface area (Å²) in [4.78, 5) is 4.16. The molecule has 90 valence electrons. The number of hydrogen-bond donors (Lipinski definition) is 5. The number of nitrogens with zero attached hydrogens (tertiary/aromatic N) is 2. The van der Waals surface area contributed by atoms with Crippen LogP contribution >= 0.6 is 0 Å². The van der Waals surface area contributed by atoms with Gasteiger partial charge in [-0.25, -0.2) is 4.99 Å². The summed E-state index contributed by atoms with van der Waals surface area (Å²) in [6.07, 6.45) is 3.92. The zero-order chi connectivity index (χ0) is 12.0. The van der Waals surface area contributed by atoms with E-state index in [-0.39, 0.29) is 5.96 Å². The van der Waals surface area contributed by atoms with E-state index >= 15 is 0 Å². The van der Waals surface area contributed by atoms with Crippen molar-refractivity contribution in [3.63, 3.8) is 0 Å². The second-order valence-corrected chi connectivity index (χ2v) is 4.49. The largest absolute Gasteiger partial charge is 0.397 e. The lowest BCUT2D eigenvalue weighted by molar-refractivity contribution is 0.516. The molecular weight excluding hydrogens is 218 g/mol. The molecule has 17 heavy (non-hydrogen) atoms. The average Bonchev–Trinajstić information content (AvgIpc) is 3.02. The summed E-state index contributed by atoms with van der Waals surface area (Å²) in [5, 5.41) is 9.87. The number of H-pyrrole nitrogens is 1. The molecule has 0 saturated heterocycles.